The van der Waals surface area contributed by atoms with Crippen molar-refractivity contribution < 1.29 is 24.1 Å². The van der Waals surface area contributed by atoms with E-state index in [1.165, 1.54) is 6.42 Å². The fourth-order valence-corrected chi connectivity index (χ4v) is 1.97. The normalized spacial score (nSPS) is 20.0. The largest absolute Gasteiger partial charge is 0.510 e. The maximum atomic E-state index is 11.6. The Morgan fingerprint density at radius 1 is 1.35 bits per heavy atom. The van der Waals surface area contributed by atoms with Gasteiger partial charge in [-0.1, -0.05) is 26.3 Å². The minimum Gasteiger partial charge on any atom is -0.431 e. The number of hydrogen-bond donors (Lipinski definition) is 1. The number of carbonyl (C=O) groups is 1. The van der Waals surface area contributed by atoms with E-state index in [4.69, 9.17) is 14.2 Å². The molecule has 1 fully saturated rings. The van der Waals surface area contributed by atoms with Crippen molar-refractivity contribution in [3.63, 3.8) is 0 Å². The van der Waals surface area contributed by atoms with Crippen LogP contribution in [0.3, 0.4) is 0 Å². The van der Waals surface area contributed by atoms with Crippen molar-refractivity contribution >= 4 is 6.16 Å². The van der Waals surface area contributed by atoms with Gasteiger partial charge in [0, 0.05) is 5.41 Å². The summed E-state index contributed by atoms with van der Waals surface area (Å²) in [7, 11) is 0. The van der Waals surface area contributed by atoms with Gasteiger partial charge in [0.25, 0.3) is 0 Å². The molecule has 5 nitrogen and oxygen atoms in total. The Bertz CT molecular complexity index is 320. The molecule has 0 heterocycles. The first-order chi connectivity index (χ1) is 9.35. The summed E-state index contributed by atoms with van der Waals surface area (Å²) in [5.74, 6) is 0. The van der Waals surface area contributed by atoms with Crippen LogP contribution in [0.2, 0.25) is 0 Å². The zero-order valence-electron chi connectivity index (χ0n) is 12.6. The van der Waals surface area contributed by atoms with Gasteiger partial charge in [0.05, 0.1) is 0 Å². The van der Waals surface area contributed by atoms with Crippen LogP contribution in [-0.2, 0) is 14.2 Å². The summed E-state index contributed by atoms with van der Waals surface area (Å²) >= 11 is 0. The maximum absolute atomic E-state index is 11.6. The highest BCUT2D eigenvalue weighted by molar-refractivity contribution is 5.60. The number of hydrogen-bond acceptors (Lipinski definition) is 5. The third-order valence-corrected chi connectivity index (χ3v) is 3.56. The van der Waals surface area contributed by atoms with E-state index >= 15 is 0 Å². The predicted molar refractivity (Wildman–Crippen MR) is 75.0 cm³/mol. The number of ether oxygens (including phenoxy) is 3. The molecule has 116 valence electrons. The highest BCUT2D eigenvalue weighted by Gasteiger charge is 2.28. The second kappa shape index (κ2) is 7.64. The summed E-state index contributed by atoms with van der Waals surface area (Å²) in [6.45, 7) is 8.72. The van der Waals surface area contributed by atoms with E-state index in [1.807, 2.05) is 0 Å². The predicted octanol–water partition coefficient (Wildman–Crippen LogP) is 3.37. The summed E-state index contributed by atoms with van der Waals surface area (Å²) in [6.07, 6.45) is 3.94. The van der Waals surface area contributed by atoms with Crippen LogP contribution in [0.5, 0.6) is 0 Å². The summed E-state index contributed by atoms with van der Waals surface area (Å²) in [6, 6.07) is 0. The molecule has 1 saturated carbocycles. The molecule has 1 aliphatic carbocycles. The van der Waals surface area contributed by atoms with Gasteiger partial charge in [-0.25, -0.2) is 4.79 Å². The first kappa shape index (κ1) is 17.0. The molecule has 2 atom stereocenters. The third-order valence-electron chi connectivity index (χ3n) is 3.56. The van der Waals surface area contributed by atoms with Crippen molar-refractivity contribution in [1.29, 1.82) is 0 Å². The average Bonchev–Trinajstić information content (AvgIpc) is 2.39. The molecular formula is C15H26O5. The third kappa shape index (κ3) is 5.51. The Morgan fingerprint density at radius 2 is 1.95 bits per heavy atom. The molecule has 1 N–H and O–H groups in total. The summed E-state index contributed by atoms with van der Waals surface area (Å²) in [5, 5.41) is 9.86. The van der Waals surface area contributed by atoms with E-state index < -0.39 is 24.2 Å². The van der Waals surface area contributed by atoms with Crippen LogP contribution in [0.1, 0.15) is 52.9 Å². The molecule has 0 saturated heterocycles. The molecule has 20 heavy (non-hydrogen) atoms. The van der Waals surface area contributed by atoms with Crippen molar-refractivity contribution in [3.8, 4) is 0 Å². The molecule has 2 unspecified atom stereocenters. The van der Waals surface area contributed by atoms with E-state index in [1.54, 1.807) is 26.8 Å². The van der Waals surface area contributed by atoms with Crippen LogP contribution in [0.25, 0.3) is 0 Å². The Morgan fingerprint density at radius 3 is 2.50 bits per heavy atom. The fourth-order valence-electron chi connectivity index (χ4n) is 1.97. The fraction of sp³-hybridized carbons (Fsp3) is 0.800. The van der Waals surface area contributed by atoms with E-state index in [-0.39, 0.29) is 6.10 Å². The number of aliphatic hydroxyl groups is 1. The highest BCUT2D eigenvalue weighted by atomic mass is 16.8. The van der Waals surface area contributed by atoms with Gasteiger partial charge in [-0.15, -0.1) is 6.58 Å². The minimum atomic E-state index is -1.10. The molecule has 5 heteroatoms. The zero-order valence-corrected chi connectivity index (χ0v) is 12.6. The quantitative estimate of drug-likeness (QED) is 0.461. The van der Waals surface area contributed by atoms with E-state index in [0.29, 0.717) is 0 Å². The molecule has 0 aromatic rings. The minimum absolute atomic E-state index is 0.0574. The molecule has 0 aromatic heterocycles. The Labute approximate surface area is 120 Å². The van der Waals surface area contributed by atoms with Crippen molar-refractivity contribution in [3.05, 3.63) is 12.7 Å². The number of carbonyl (C=O) groups excluding carboxylic acids is 1. The molecule has 0 bridgehead atoms. The van der Waals surface area contributed by atoms with Gasteiger partial charge in [0.1, 0.15) is 6.10 Å². The van der Waals surface area contributed by atoms with Crippen LogP contribution in [0.15, 0.2) is 12.7 Å². The summed E-state index contributed by atoms with van der Waals surface area (Å²) in [4.78, 5) is 11.6. The van der Waals surface area contributed by atoms with Gasteiger partial charge in [-0.3, -0.25) is 0 Å². The van der Waals surface area contributed by atoms with Gasteiger partial charge < -0.3 is 19.3 Å². The van der Waals surface area contributed by atoms with Crippen molar-refractivity contribution in [1.82, 2.24) is 0 Å². The van der Waals surface area contributed by atoms with Gasteiger partial charge >= 0.3 is 6.16 Å². The van der Waals surface area contributed by atoms with Crippen LogP contribution in [-0.4, -0.2) is 29.9 Å². The highest BCUT2D eigenvalue weighted by Crippen LogP contribution is 2.24. The Hall–Kier alpha value is -1.07. The molecule has 1 aliphatic rings. The second-order valence-electron chi connectivity index (χ2n) is 5.83. The van der Waals surface area contributed by atoms with Crippen molar-refractivity contribution in [2.45, 2.75) is 71.6 Å². The molecule has 1 rings (SSSR count). The smallest absolute Gasteiger partial charge is 0.431 e. The molecule has 0 radical (unpaired) electrons. The summed E-state index contributed by atoms with van der Waals surface area (Å²) in [5.41, 5.74) is -0.620. The second-order valence-corrected chi connectivity index (χ2v) is 5.83. The van der Waals surface area contributed by atoms with Gasteiger partial charge in [0.2, 0.25) is 6.29 Å². The molecule has 0 aliphatic heterocycles. The number of aliphatic hydroxyl groups excluding tert-OH is 1. The lowest BCUT2D eigenvalue weighted by Gasteiger charge is -2.29. The summed E-state index contributed by atoms with van der Waals surface area (Å²) < 4.78 is 15.4. The van der Waals surface area contributed by atoms with E-state index in [9.17, 15) is 9.90 Å². The monoisotopic (exact) mass is 286 g/mol. The lowest BCUT2D eigenvalue weighted by atomic mass is 9.93. The van der Waals surface area contributed by atoms with Crippen LogP contribution in [0, 0.1) is 5.41 Å². The zero-order chi connectivity index (χ0) is 15.2. The van der Waals surface area contributed by atoms with Crippen LogP contribution < -0.4 is 0 Å². The Balaban J connectivity index is 2.32. The van der Waals surface area contributed by atoms with Crippen molar-refractivity contribution in [2.75, 3.05) is 0 Å². The molecule has 0 aromatic carbocycles. The van der Waals surface area contributed by atoms with Gasteiger partial charge in [-0.05, 0) is 32.6 Å². The van der Waals surface area contributed by atoms with Gasteiger partial charge in [-0.2, -0.15) is 0 Å². The average molecular weight is 286 g/mol. The SMILES string of the molecule is C=CC(C)(C)C(O)OC(C)OC(=O)OC1CCCCC1. The number of rotatable bonds is 6. The molecular weight excluding hydrogens is 260 g/mol. The lowest BCUT2D eigenvalue weighted by molar-refractivity contribution is -0.235. The van der Waals surface area contributed by atoms with Crippen molar-refractivity contribution in [2.24, 2.45) is 5.41 Å². The van der Waals surface area contributed by atoms with Crippen LogP contribution >= 0.6 is 0 Å². The molecule has 0 spiro atoms. The lowest BCUT2D eigenvalue weighted by Crippen LogP contribution is -2.35. The van der Waals surface area contributed by atoms with Gasteiger partial charge in [0.15, 0.2) is 6.29 Å². The topological polar surface area (TPSA) is 65.0 Å². The Kier molecular flexibility index (Phi) is 6.49. The first-order valence-corrected chi connectivity index (χ1v) is 7.19. The van der Waals surface area contributed by atoms with E-state index in [0.717, 1.165) is 25.7 Å². The standard InChI is InChI=1S/C15H26O5/c1-5-15(3,4)13(16)18-11(2)19-14(17)20-12-9-7-6-8-10-12/h5,11-13,16H,1,6-10H2,2-4H3. The van der Waals surface area contributed by atoms with E-state index in [2.05, 4.69) is 6.58 Å². The molecule has 0 amide bonds. The maximum Gasteiger partial charge on any atom is 0.510 e. The first-order valence-electron chi connectivity index (χ1n) is 7.19. The van der Waals surface area contributed by atoms with Crippen LogP contribution in [0.4, 0.5) is 4.79 Å².